The number of primary amides is 1. The van der Waals surface area contributed by atoms with Crippen molar-refractivity contribution in [1.29, 1.82) is 0 Å². The normalized spacial score (nSPS) is 18.6. The first-order chi connectivity index (χ1) is 9.13. The molecule has 1 amide bonds. The van der Waals surface area contributed by atoms with Crippen molar-refractivity contribution in [1.82, 2.24) is 0 Å². The van der Waals surface area contributed by atoms with E-state index in [1.807, 2.05) is 6.92 Å². The highest BCUT2D eigenvalue weighted by molar-refractivity contribution is 5.92. The molecule has 1 aromatic rings. The van der Waals surface area contributed by atoms with Gasteiger partial charge in [0, 0.05) is 5.56 Å². The summed E-state index contributed by atoms with van der Waals surface area (Å²) in [5.74, 6) is 4.77. The van der Waals surface area contributed by atoms with Gasteiger partial charge in [0.05, 0.1) is 0 Å². The Morgan fingerprint density at radius 1 is 1.10 bits per heavy atom. The molecular weight excluding hydrogens is 246 g/mol. The van der Waals surface area contributed by atoms with E-state index in [9.17, 15) is 4.79 Å². The van der Waals surface area contributed by atoms with Gasteiger partial charge < -0.3 is 5.73 Å². The van der Waals surface area contributed by atoms with E-state index < -0.39 is 5.91 Å². The number of carbonyl (C=O) groups is 1. The molecule has 0 radical (unpaired) electrons. The van der Waals surface area contributed by atoms with Crippen molar-refractivity contribution in [2.75, 3.05) is 0 Å². The van der Waals surface area contributed by atoms with Crippen LogP contribution in [-0.2, 0) is 15.6 Å². The van der Waals surface area contributed by atoms with Crippen molar-refractivity contribution in [2.45, 2.75) is 58.3 Å². The summed E-state index contributed by atoms with van der Waals surface area (Å²) >= 11 is 0. The summed E-state index contributed by atoms with van der Waals surface area (Å²) in [6.45, 7) is 11.2. The average molecular weight is 269 g/mol. The highest BCUT2D eigenvalue weighted by Crippen LogP contribution is 2.46. The minimum absolute atomic E-state index is 0.154. The lowest BCUT2D eigenvalue weighted by Crippen LogP contribution is -2.34. The first-order valence-electron chi connectivity index (χ1n) is 7.10. The molecule has 0 heterocycles. The zero-order valence-electron chi connectivity index (χ0n) is 13.1. The first-order valence-corrected chi connectivity index (χ1v) is 7.10. The van der Waals surface area contributed by atoms with Crippen molar-refractivity contribution in [3.63, 3.8) is 0 Å². The number of rotatable bonds is 0. The molecule has 106 valence electrons. The van der Waals surface area contributed by atoms with E-state index >= 15 is 0 Å². The fourth-order valence-corrected chi connectivity index (χ4v) is 2.99. The maximum Gasteiger partial charge on any atom is 0.293 e. The number of hydrogen-bond donors (Lipinski definition) is 1. The van der Waals surface area contributed by atoms with E-state index in [1.165, 1.54) is 24.0 Å². The fourth-order valence-electron chi connectivity index (χ4n) is 2.99. The van der Waals surface area contributed by atoms with Crippen LogP contribution in [0.3, 0.4) is 0 Å². The van der Waals surface area contributed by atoms with Crippen LogP contribution in [0.2, 0.25) is 0 Å². The van der Waals surface area contributed by atoms with Crippen LogP contribution in [0.5, 0.6) is 0 Å². The molecule has 0 aliphatic heterocycles. The van der Waals surface area contributed by atoms with Gasteiger partial charge in [-0.05, 0) is 59.3 Å². The largest absolute Gasteiger partial charge is 0.359 e. The predicted octanol–water partition coefficient (Wildman–Crippen LogP) is 3.18. The molecule has 0 saturated heterocycles. The minimum Gasteiger partial charge on any atom is -0.359 e. The van der Waals surface area contributed by atoms with E-state index in [-0.39, 0.29) is 10.8 Å². The van der Waals surface area contributed by atoms with Crippen molar-refractivity contribution in [3.05, 3.63) is 34.4 Å². The topological polar surface area (TPSA) is 43.1 Å². The molecular formula is C18H23NO. The van der Waals surface area contributed by atoms with E-state index in [0.717, 1.165) is 11.1 Å². The van der Waals surface area contributed by atoms with Crippen molar-refractivity contribution in [3.8, 4) is 11.8 Å². The third kappa shape index (κ3) is 2.58. The van der Waals surface area contributed by atoms with Crippen LogP contribution >= 0.6 is 0 Å². The number of nitrogens with two attached hydrogens (primary N) is 1. The van der Waals surface area contributed by atoms with E-state index in [2.05, 4.69) is 51.7 Å². The quantitative estimate of drug-likeness (QED) is 0.722. The summed E-state index contributed by atoms with van der Waals surface area (Å²) in [6.07, 6.45) is 2.36. The van der Waals surface area contributed by atoms with E-state index in [0.29, 0.717) is 0 Å². The van der Waals surface area contributed by atoms with Gasteiger partial charge in [-0.15, -0.1) is 0 Å². The third-order valence-corrected chi connectivity index (χ3v) is 4.52. The number of benzene rings is 1. The Bertz CT molecular complexity index is 627. The summed E-state index contributed by atoms with van der Waals surface area (Å²) in [5, 5.41) is 0. The molecule has 0 unspecified atom stereocenters. The summed E-state index contributed by atoms with van der Waals surface area (Å²) in [4.78, 5) is 10.9. The van der Waals surface area contributed by atoms with E-state index in [4.69, 9.17) is 5.73 Å². The number of amides is 1. The van der Waals surface area contributed by atoms with Gasteiger partial charge in [0.25, 0.3) is 5.91 Å². The summed E-state index contributed by atoms with van der Waals surface area (Å²) < 4.78 is 0. The zero-order valence-corrected chi connectivity index (χ0v) is 13.1. The summed E-state index contributed by atoms with van der Waals surface area (Å²) in [5.41, 5.74) is 10.3. The molecule has 20 heavy (non-hydrogen) atoms. The standard InChI is InChI=1S/C18H23NO/c1-12-10-14-15(11-13(12)6-7-16(19)20)18(4,5)9-8-17(14,2)3/h10-11H,8-9H2,1-5H3,(H2,19,20). The Hall–Kier alpha value is -1.75. The number of aryl methyl sites for hydroxylation is 1. The minimum atomic E-state index is -0.582. The Balaban J connectivity index is 2.65. The van der Waals surface area contributed by atoms with Gasteiger partial charge in [0.1, 0.15) is 0 Å². The molecule has 2 heteroatoms. The van der Waals surface area contributed by atoms with Gasteiger partial charge in [0.2, 0.25) is 0 Å². The maximum atomic E-state index is 10.9. The Kier molecular flexibility index (Phi) is 3.42. The summed E-state index contributed by atoms with van der Waals surface area (Å²) in [6, 6.07) is 4.39. The average Bonchev–Trinajstić information content (AvgIpc) is 2.33. The van der Waals surface area contributed by atoms with Crippen molar-refractivity contribution in [2.24, 2.45) is 5.73 Å². The molecule has 0 fully saturated rings. The molecule has 2 nitrogen and oxygen atoms in total. The molecule has 1 aliphatic carbocycles. The second-order valence-corrected chi connectivity index (χ2v) is 7.09. The smallest absolute Gasteiger partial charge is 0.293 e. The number of hydrogen-bond acceptors (Lipinski definition) is 1. The molecule has 1 aromatic carbocycles. The van der Waals surface area contributed by atoms with E-state index in [1.54, 1.807) is 0 Å². The van der Waals surface area contributed by atoms with Crippen LogP contribution in [-0.4, -0.2) is 5.91 Å². The lowest BCUT2D eigenvalue weighted by atomic mass is 9.62. The molecule has 0 aromatic heterocycles. The Morgan fingerprint density at radius 3 is 2.10 bits per heavy atom. The van der Waals surface area contributed by atoms with Crippen LogP contribution in [0.1, 0.15) is 62.8 Å². The van der Waals surface area contributed by atoms with Gasteiger partial charge in [-0.25, -0.2) is 0 Å². The second kappa shape index (κ2) is 4.66. The third-order valence-electron chi connectivity index (χ3n) is 4.52. The van der Waals surface area contributed by atoms with Gasteiger partial charge in [0.15, 0.2) is 0 Å². The SMILES string of the molecule is Cc1cc2c(cc1C#CC(N)=O)C(C)(C)CCC2(C)C. The van der Waals surface area contributed by atoms with Gasteiger partial charge >= 0.3 is 0 Å². The maximum absolute atomic E-state index is 10.9. The molecule has 0 saturated carbocycles. The van der Waals surface area contributed by atoms with Crippen LogP contribution in [0.4, 0.5) is 0 Å². The van der Waals surface area contributed by atoms with Crippen LogP contribution in [0.15, 0.2) is 12.1 Å². The molecule has 0 spiro atoms. The lowest BCUT2D eigenvalue weighted by molar-refractivity contribution is -0.112. The van der Waals surface area contributed by atoms with Crippen molar-refractivity contribution < 1.29 is 4.79 Å². The molecule has 2 N–H and O–H groups in total. The van der Waals surface area contributed by atoms with Crippen LogP contribution in [0.25, 0.3) is 0 Å². The number of carbonyl (C=O) groups excluding carboxylic acids is 1. The molecule has 0 bridgehead atoms. The number of fused-ring (bicyclic) bond motifs is 1. The highest BCUT2D eigenvalue weighted by atomic mass is 16.1. The first kappa shape index (κ1) is 14.7. The van der Waals surface area contributed by atoms with Crippen LogP contribution in [0, 0.1) is 18.8 Å². The van der Waals surface area contributed by atoms with Gasteiger partial charge in [-0.3, -0.25) is 4.79 Å². The predicted molar refractivity (Wildman–Crippen MR) is 82.5 cm³/mol. The zero-order chi connectivity index (χ0) is 15.1. The molecule has 1 aliphatic rings. The fraction of sp³-hybridized carbons (Fsp3) is 0.500. The van der Waals surface area contributed by atoms with Gasteiger partial charge in [-0.2, -0.15) is 0 Å². The monoisotopic (exact) mass is 269 g/mol. The second-order valence-electron chi connectivity index (χ2n) is 7.09. The van der Waals surface area contributed by atoms with Crippen molar-refractivity contribution >= 4 is 5.91 Å². The summed E-state index contributed by atoms with van der Waals surface area (Å²) in [7, 11) is 0. The lowest BCUT2D eigenvalue weighted by Gasteiger charge is -2.42. The highest BCUT2D eigenvalue weighted by Gasteiger charge is 2.37. The molecule has 0 atom stereocenters. The Morgan fingerprint density at radius 2 is 1.60 bits per heavy atom. The molecule has 2 rings (SSSR count). The Labute approximate surface area is 121 Å². The van der Waals surface area contributed by atoms with Gasteiger partial charge in [-0.1, -0.05) is 39.7 Å². The van der Waals surface area contributed by atoms with Crippen LogP contribution < -0.4 is 5.73 Å².